The minimum absolute atomic E-state index is 0.373. The van der Waals surface area contributed by atoms with Crippen LogP contribution < -0.4 is 0 Å². The van der Waals surface area contributed by atoms with Crippen molar-refractivity contribution in [3.05, 3.63) is 11.7 Å². The molecule has 1 heterocycles. The van der Waals surface area contributed by atoms with Gasteiger partial charge in [0, 0.05) is 19.8 Å². The van der Waals surface area contributed by atoms with E-state index >= 15 is 0 Å². The monoisotopic (exact) mass is 298 g/mol. The quantitative estimate of drug-likeness (QED) is 0.686. The smallest absolute Gasteiger partial charge is 0.283 e. The van der Waals surface area contributed by atoms with Crippen molar-refractivity contribution < 1.29 is 18.7 Å². The molecular formula is C15H26N2O4. The van der Waals surface area contributed by atoms with Gasteiger partial charge in [0.1, 0.15) is 5.60 Å². The molecule has 1 fully saturated rings. The van der Waals surface area contributed by atoms with Crippen molar-refractivity contribution in [2.24, 2.45) is 0 Å². The van der Waals surface area contributed by atoms with Gasteiger partial charge in [-0.1, -0.05) is 24.4 Å². The Morgan fingerprint density at radius 3 is 2.29 bits per heavy atom. The van der Waals surface area contributed by atoms with Crippen LogP contribution in [0.3, 0.4) is 0 Å². The fraction of sp³-hybridized carbons (Fsp3) is 0.867. The van der Waals surface area contributed by atoms with Crippen molar-refractivity contribution in [2.75, 3.05) is 19.8 Å². The molecular weight excluding hydrogens is 272 g/mol. The van der Waals surface area contributed by atoms with Crippen LogP contribution >= 0.6 is 0 Å². The van der Waals surface area contributed by atoms with E-state index in [2.05, 4.69) is 10.1 Å². The van der Waals surface area contributed by atoms with Crippen molar-refractivity contribution in [2.45, 2.75) is 64.8 Å². The first-order valence-electron chi connectivity index (χ1n) is 7.97. The zero-order chi connectivity index (χ0) is 15.1. The fourth-order valence-electron chi connectivity index (χ4n) is 2.84. The minimum Gasteiger partial charge on any atom is -0.367 e. The molecule has 0 saturated heterocycles. The Hall–Kier alpha value is -0.980. The van der Waals surface area contributed by atoms with E-state index in [4.69, 9.17) is 18.7 Å². The number of nitrogens with zero attached hydrogens (tertiary/aromatic N) is 2. The highest BCUT2D eigenvalue weighted by molar-refractivity contribution is 5.04. The molecule has 1 aromatic rings. The summed E-state index contributed by atoms with van der Waals surface area (Å²) in [4.78, 5) is 4.51. The summed E-state index contributed by atoms with van der Waals surface area (Å²) < 4.78 is 22.4. The molecule has 2 rings (SSSR count). The topological polar surface area (TPSA) is 66.6 Å². The highest BCUT2D eigenvalue weighted by Gasteiger charge is 2.40. The van der Waals surface area contributed by atoms with Crippen LogP contribution in [0.5, 0.6) is 0 Å². The Kier molecular flexibility index (Phi) is 6.14. The van der Waals surface area contributed by atoms with E-state index in [1.54, 1.807) is 0 Å². The van der Waals surface area contributed by atoms with Crippen LogP contribution in [0.15, 0.2) is 4.52 Å². The molecule has 6 heteroatoms. The van der Waals surface area contributed by atoms with Crippen LogP contribution in [0.25, 0.3) is 0 Å². The number of aromatic nitrogens is 2. The normalized spacial score (nSPS) is 18.3. The molecule has 1 saturated carbocycles. The number of hydrogen-bond donors (Lipinski definition) is 0. The van der Waals surface area contributed by atoms with Gasteiger partial charge in [0.25, 0.3) is 5.89 Å². The zero-order valence-electron chi connectivity index (χ0n) is 13.3. The summed E-state index contributed by atoms with van der Waals surface area (Å²) in [6.45, 7) is 7.51. The summed E-state index contributed by atoms with van der Waals surface area (Å²) in [5.74, 6) is 1.00. The van der Waals surface area contributed by atoms with E-state index < -0.39 is 11.9 Å². The predicted molar refractivity (Wildman–Crippen MR) is 76.7 cm³/mol. The molecule has 6 nitrogen and oxygen atoms in total. The van der Waals surface area contributed by atoms with Crippen molar-refractivity contribution in [3.63, 3.8) is 0 Å². The summed E-state index contributed by atoms with van der Waals surface area (Å²) >= 11 is 0. The maximum atomic E-state index is 6.00. The lowest BCUT2D eigenvalue weighted by Crippen LogP contribution is -2.33. The minimum atomic E-state index is -0.594. The largest absolute Gasteiger partial charge is 0.367 e. The summed E-state index contributed by atoms with van der Waals surface area (Å²) in [7, 11) is 0. The molecule has 0 aromatic carbocycles. The molecule has 0 N–H and O–H groups in total. The summed E-state index contributed by atoms with van der Waals surface area (Å²) in [6.07, 6.45) is 4.78. The third kappa shape index (κ3) is 3.81. The molecule has 0 atom stereocenters. The average Bonchev–Trinajstić information content (AvgIpc) is 2.99. The lowest BCUT2D eigenvalue weighted by atomic mass is 9.84. The Labute approximate surface area is 126 Å². The third-order valence-electron chi connectivity index (χ3n) is 3.77. The maximum absolute atomic E-state index is 6.00. The standard InChI is InChI=1S/C15H26N2O4/c1-4-18-13(19-5-2)12-16-14(17-21-12)15(20-6-3)10-8-7-9-11-15/h13H,4-11H2,1-3H3. The van der Waals surface area contributed by atoms with E-state index in [9.17, 15) is 0 Å². The van der Waals surface area contributed by atoms with Gasteiger partial charge >= 0.3 is 0 Å². The van der Waals surface area contributed by atoms with Crippen LogP contribution in [0.2, 0.25) is 0 Å². The van der Waals surface area contributed by atoms with E-state index in [1.807, 2.05) is 20.8 Å². The number of rotatable bonds is 8. The number of ether oxygens (including phenoxy) is 3. The summed E-state index contributed by atoms with van der Waals surface area (Å²) in [6, 6.07) is 0. The maximum Gasteiger partial charge on any atom is 0.283 e. The van der Waals surface area contributed by atoms with E-state index in [1.165, 1.54) is 6.42 Å². The zero-order valence-corrected chi connectivity index (χ0v) is 13.3. The van der Waals surface area contributed by atoms with Gasteiger partial charge in [0.2, 0.25) is 12.1 Å². The van der Waals surface area contributed by atoms with Gasteiger partial charge in [-0.25, -0.2) is 0 Å². The SMILES string of the molecule is CCOC(OCC)c1nc(C2(OCC)CCCCC2)no1. The second-order valence-corrected chi connectivity index (χ2v) is 5.19. The highest BCUT2D eigenvalue weighted by atomic mass is 16.7. The van der Waals surface area contributed by atoms with E-state index in [0.717, 1.165) is 25.7 Å². The van der Waals surface area contributed by atoms with Crippen LogP contribution in [0, 0.1) is 0 Å². The molecule has 21 heavy (non-hydrogen) atoms. The van der Waals surface area contributed by atoms with Gasteiger partial charge in [-0.15, -0.1) is 0 Å². The highest BCUT2D eigenvalue weighted by Crippen LogP contribution is 2.39. The van der Waals surface area contributed by atoms with Gasteiger partial charge in [0.15, 0.2) is 0 Å². The van der Waals surface area contributed by atoms with Crippen molar-refractivity contribution in [1.29, 1.82) is 0 Å². The van der Waals surface area contributed by atoms with Crippen molar-refractivity contribution >= 4 is 0 Å². The predicted octanol–water partition coefficient (Wildman–Crippen LogP) is 3.34. The average molecular weight is 298 g/mol. The van der Waals surface area contributed by atoms with Gasteiger partial charge in [-0.05, 0) is 33.6 Å². The Morgan fingerprint density at radius 2 is 1.71 bits per heavy atom. The first-order chi connectivity index (χ1) is 10.3. The molecule has 1 aliphatic carbocycles. The molecule has 0 radical (unpaired) electrons. The second-order valence-electron chi connectivity index (χ2n) is 5.19. The van der Waals surface area contributed by atoms with Crippen LogP contribution in [-0.4, -0.2) is 30.0 Å². The second kappa shape index (κ2) is 7.87. The molecule has 120 valence electrons. The Bertz CT molecular complexity index is 404. The van der Waals surface area contributed by atoms with Gasteiger partial charge in [0.05, 0.1) is 0 Å². The van der Waals surface area contributed by atoms with E-state index in [0.29, 0.717) is 31.5 Å². The van der Waals surface area contributed by atoms with Gasteiger partial charge < -0.3 is 18.7 Å². The molecule has 0 aliphatic heterocycles. The summed E-state index contributed by atoms with van der Waals surface area (Å²) in [5, 5.41) is 4.14. The third-order valence-corrected chi connectivity index (χ3v) is 3.77. The molecule has 0 spiro atoms. The lowest BCUT2D eigenvalue weighted by molar-refractivity contribution is -0.155. The summed E-state index contributed by atoms with van der Waals surface area (Å²) in [5.41, 5.74) is -0.405. The van der Waals surface area contributed by atoms with Crippen LogP contribution in [0.4, 0.5) is 0 Å². The lowest BCUT2D eigenvalue weighted by Gasteiger charge is -2.33. The first kappa shape index (κ1) is 16.4. The van der Waals surface area contributed by atoms with Gasteiger partial charge in [-0.3, -0.25) is 0 Å². The molecule has 0 unspecified atom stereocenters. The van der Waals surface area contributed by atoms with Crippen LogP contribution in [-0.2, 0) is 19.8 Å². The number of hydrogen-bond acceptors (Lipinski definition) is 6. The van der Waals surface area contributed by atoms with Crippen molar-refractivity contribution in [3.8, 4) is 0 Å². The van der Waals surface area contributed by atoms with Crippen molar-refractivity contribution in [1.82, 2.24) is 10.1 Å². The Morgan fingerprint density at radius 1 is 1.05 bits per heavy atom. The van der Waals surface area contributed by atoms with E-state index in [-0.39, 0.29) is 0 Å². The molecule has 0 amide bonds. The van der Waals surface area contributed by atoms with Crippen LogP contribution in [0.1, 0.15) is 70.9 Å². The molecule has 1 aliphatic rings. The molecule has 0 bridgehead atoms. The fourth-order valence-corrected chi connectivity index (χ4v) is 2.84. The first-order valence-corrected chi connectivity index (χ1v) is 7.97. The molecule has 1 aromatic heterocycles. The van der Waals surface area contributed by atoms with Gasteiger partial charge in [-0.2, -0.15) is 4.98 Å². The Balaban J connectivity index is 2.19.